The SMILES string of the molecule is C=C(C)C(=C)[C@H](c1ccc(C(F)(F)F)nc1)N1CC[C@@H](CC(=O)OC)C[C@H]1c1ccc(C(F)(F)F)cc1. The van der Waals surface area contributed by atoms with Gasteiger partial charge in [0.15, 0.2) is 0 Å². The predicted molar refractivity (Wildman–Crippen MR) is 126 cm³/mol. The standard InChI is InChI=1S/C27H28F6N2O2/c1-16(2)17(3)25(20-7-10-23(34-15-20)27(31,32)33)35-12-11-18(14-24(36)37-4)13-22(35)19-5-8-21(9-6-19)26(28,29)30/h5-10,15,18,22,25H,1,3,11-14H2,2,4H3/t18-,22+,25-/m1/s1. The highest BCUT2D eigenvalue weighted by molar-refractivity contribution is 5.69. The van der Waals surface area contributed by atoms with E-state index in [1.54, 1.807) is 6.92 Å². The third kappa shape index (κ3) is 6.80. The van der Waals surface area contributed by atoms with Gasteiger partial charge < -0.3 is 4.74 Å². The maximum atomic E-state index is 13.2. The molecule has 0 N–H and O–H groups in total. The van der Waals surface area contributed by atoms with E-state index < -0.39 is 35.7 Å². The van der Waals surface area contributed by atoms with Crippen LogP contribution in [0.3, 0.4) is 0 Å². The number of halogens is 6. The number of benzene rings is 1. The molecule has 10 heteroatoms. The number of esters is 1. The number of hydrogen-bond acceptors (Lipinski definition) is 4. The van der Waals surface area contributed by atoms with Gasteiger partial charge in [-0.1, -0.05) is 36.9 Å². The second-order valence-corrected chi connectivity index (χ2v) is 9.23. The Morgan fingerprint density at radius 3 is 2.22 bits per heavy atom. The van der Waals surface area contributed by atoms with Crippen molar-refractivity contribution in [1.29, 1.82) is 0 Å². The molecule has 200 valence electrons. The van der Waals surface area contributed by atoms with Crippen LogP contribution in [0.2, 0.25) is 0 Å². The number of pyridine rings is 1. The molecule has 4 nitrogen and oxygen atoms in total. The molecule has 1 aromatic heterocycles. The zero-order valence-corrected chi connectivity index (χ0v) is 20.5. The molecule has 0 unspecified atom stereocenters. The van der Waals surface area contributed by atoms with Crippen LogP contribution in [0.25, 0.3) is 0 Å². The van der Waals surface area contributed by atoms with Crippen LogP contribution in [0, 0.1) is 5.92 Å². The van der Waals surface area contributed by atoms with Gasteiger partial charge in [0.2, 0.25) is 0 Å². The summed E-state index contributed by atoms with van der Waals surface area (Å²) in [6, 6.07) is 5.94. The molecule has 0 bridgehead atoms. The number of methoxy groups -OCH3 is 1. The van der Waals surface area contributed by atoms with E-state index >= 15 is 0 Å². The van der Waals surface area contributed by atoms with Crippen LogP contribution in [-0.4, -0.2) is 29.5 Å². The van der Waals surface area contributed by atoms with Crippen LogP contribution in [-0.2, 0) is 21.9 Å². The molecule has 2 aromatic rings. The van der Waals surface area contributed by atoms with Crippen molar-refractivity contribution in [2.24, 2.45) is 5.92 Å². The zero-order valence-electron chi connectivity index (χ0n) is 20.5. The molecule has 1 aliphatic rings. The lowest BCUT2D eigenvalue weighted by Crippen LogP contribution is -2.41. The van der Waals surface area contributed by atoms with Gasteiger partial charge in [0.05, 0.1) is 18.7 Å². The van der Waals surface area contributed by atoms with E-state index in [2.05, 4.69) is 18.1 Å². The highest BCUT2D eigenvalue weighted by atomic mass is 19.4. The summed E-state index contributed by atoms with van der Waals surface area (Å²) in [6.45, 7) is 10.2. The minimum atomic E-state index is -4.60. The van der Waals surface area contributed by atoms with Gasteiger partial charge in [-0.05, 0) is 67.1 Å². The summed E-state index contributed by atoms with van der Waals surface area (Å²) in [4.78, 5) is 17.5. The van der Waals surface area contributed by atoms with Gasteiger partial charge in [-0.3, -0.25) is 14.7 Å². The minimum absolute atomic E-state index is 0.0968. The summed E-state index contributed by atoms with van der Waals surface area (Å²) < 4.78 is 83.7. The fourth-order valence-electron chi connectivity index (χ4n) is 4.65. The first-order valence-electron chi connectivity index (χ1n) is 11.6. The molecule has 1 fully saturated rings. The highest BCUT2D eigenvalue weighted by Crippen LogP contribution is 2.45. The smallest absolute Gasteiger partial charge is 0.433 e. The number of carbonyl (C=O) groups excluding carboxylic acids is 1. The lowest BCUT2D eigenvalue weighted by atomic mass is 9.82. The number of carbonyl (C=O) groups is 1. The number of likely N-dealkylation sites (tertiary alicyclic amines) is 1. The van der Waals surface area contributed by atoms with Crippen LogP contribution in [0.15, 0.2) is 66.9 Å². The maximum Gasteiger partial charge on any atom is 0.433 e. The molecule has 0 saturated carbocycles. The first-order chi connectivity index (χ1) is 17.2. The number of piperidine rings is 1. The largest absolute Gasteiger partial charge is 0.469 e. The van der Waals surface area contributed by atoms with Gasteiger partial charge >= 0.3 is 18.3 Å². The van der Waals surface area contributed by atoms with E-state index in [4.69, 9.17) is 4.74 Å². The summed E-state index contributed by atoms with van der Waals surface area (Å²) in [6.07, 6.45) is -6.81. The van der Waals surface area contributed by atoms with Crippen LogP contribution < -0.4 is 0 Å². The Hall–Kier alpha value is -3.14. The molecule has 1 aliphatic heterocycles. The number of hydrogen-bond donors (Lipinski definition) is 0. The third-order valence-electron chi connectivity index (χ3n) is 6.66. The van der Waals surface area contributed by atoms with Crippen molar-refractivity contribution in [2.45, 2.75) is 50.6 Å². The number of nitrogens with zero attached hydrogens (tertiary/aromatic N) is 2. The molecule has 1 aromatic carbocycles. The van der Waals surface area contributed by atoms with E-state index in [1.165, 1.54) is 25.3 Å². The van der Waals surface area contributed by atoms with Crippen molar-refractivity contribution in [3.63, 3.8) is 0 Å². The van der Waals surface area contributed by atoms with E-state index in [9.17, 15) is 31.1 Å². The first-order valence-corrected chi connectivity index (χ1v) is 11.6. The van der Waals surface area contributed by atoms with Gasteiger partial charge in [0.25, 0.3) is 0 Å². The molecular weight excluding hydrogens is 498 g/mol. The molecule has 1 saturated heterocycles. The number of aromatic nitrogens is 1. The molecule has 3 atom stereocenters. The highest BCUT2D eigenvalue weighted by Gasteiger charge is 2.38. The van der Waals surface area contributed by atoms with Crippen LogP contribution >= 0.6 is 0 Å². The van der Waals surface area contributed by atoms with Gasteiger partial charge in [-0.15, -0.1) is 0 Å². The van der Waals surface area contributed by atoms with E-state index in [0.29, 0.717) is 41.7 Å². The average molecular weight is 527 g/mol. The fraction of sp³-hybridized carbons (Fsp3) is 0.407. The van der Waals surface area contributed by atoms with Gasteiger partial charge in [-0.2, -0.15) is 26.3 Å². The summed E-state index contributed by atoms with van der Waals surface area (Å²) in [5.74, 6) is -0.486. The van der Waals surface area contributed by atoms with Crippen LogP contribution in [0.1, 0.15) is 60.7 Å². The normalized spacial score (nSPS) is 19.8. The van der Waals surface area contributed by atoms with Gasteiger partial charge in [0.1, 0.15) is 5.69 Å². The van der Waals surface area contributed by atoms with E-state index in [0.717, 1.165) is 24.4 Å². The summed E-state index contributed by atoms with van der Waals surface area (Å²) in [5, 5.41) is 0. The molecule has 0 amide bonds. The molecule has 3 rings (SSSR count). The van der Waals surface area contributed by atoms with Crippen molar-refractivity contribution in [3.8, 4) is 0 Å². The summed E-state index contributed by atoms with van der Waals surface area (Å²) in [7, 11) is 1.29. The van der Waals surface area contributed by atoms with Crippen molar-refractivity contribution >= 4 is 5.97 Å². The Morgan fingerprint density at radius 1 is 1.08 bits per heavy atom. The van der Waals surface area contributed by atoms with Crippen LogP contribution in [0.4, 0.5) is 26.3 Å². The second-order valence-electron chi connectivity index (χ2n) is 9.23. The zero-order chi connectivity index (χ0) is 27.5. The average Bonchev–Trinajstić information content (AvgIpc) is 2.84. The molecule has 37 heavy (non-hydrogen) atoms. The lowest BCUT2D eigenvalue weighted by Gasteiger charge is -2.45. The topological polar surface area (TPSA) is 42.4 Å². The first kappa shape index (κ1) is 28.4. The fourth-order valence-corrected chi connectivity index (χ4v) is 4.65. The van der Waals surface area contributed by atoms with Crippen molar-refractivity contribution in [3.05, 3.63) is 89.3 Å². The molecular formula is C27H28F6N2O2. The Bertz CT molecular complexity index is 1120. The van der Waals surface area contributed by atoms with Crippen LogP contribution in [0.5, 0.6) is 0 Å². The Morgan fingerprint density at radius 2 is 1.73 bits per heavy atom. The Kier molecular flexibility index (Phi) is 8.52. The van der Waals surface area contributed by atoms with Gasteiger partial charge in [-0.25, -0.2) is 0 Å². The lowest BCUT2D eigenvalue weighted by molar-refractivity contribution is -0.143. The van der Waals surface area contributed by atoms with Crippen molar-refractivity contribution in [1.82, 2.24) is 9.88 Å². The number of rotatable bonds is 7. The quantitative estimate of drug-likeness (QED) is 0.216. The van der Waals surface area contributed by atoms with Crippen molar-refractivity contribution < 1.29 is 35.9 Å². The number of ether oxygens (including phenoxy) is 1. The predicted octanol–water partition coefficient (Wildman–Crippen LogP) is 7.31. The Balaban J connectivity index is 2.05. The molecule has 0 radical (unpaired) electrons. The van der Waals surface area contributed by atoms with E-state index in [-0.39, 0.29) is 18.3 Å². The van der Waals surface area contributed by atoms with Crippen molar-refractivity contribution in [2.75, 3.05) is 13.7 Å². The summed E-state index contributed by atoms with van der Waals surface area (Å²) >= 11 is 0. The Labute approximate surface area is 211 Å². The van der Waals surface area contributed by atoms with E-state index in [1.807, 2.05) is 4.90 Å². The molecule has 0 aliphatic carbocycles. The molecule has 2 heterocycles. The second kappa shape index (κ2) is 11.1. The van der Waals surface area contributed by atoms with Gasteiger partial charge in [0, 0.05) is 18.7 Å². The number of alkyl halides is 6. The minimum Gasteiger partial charge on any atom is -0.469 e. The third-order valence-corrected chi connectivity index (χ3v) is 6.66. The summed E-state index contributed by atoms with van der Waals surface area (Å²) in [5.41, 5.74) is 0.357. The molecule has 0 spiro atoms. The monoisotopic (exact) mass is 526 g/mol. The maximum absolute atomic E-state index is 13.2.